The number of urea groups is 1. The summed E-state index contributed by atoms with van der Waals surface area (Å²) in [5.74, 6) is 0. The molecule has 126 valence electrons. The van der Waals surface area contributed by atoms with Crippen LogP contribution in [0, 0.1) is 0 Å². The topological polar surface area (TPSA) is 26.8 Å². The third-order valence-corrected chi connectivity index (χ3v) is 4.18. The lowest BCUT2D eigenvalue weighted by molar-refractivity contribution is 0.167. The van der Waals surface area contributed by atoms with Gasteiger partial charge in [-0.25, -0.2) is 4.79 Å². The molecule has 0 aromatic heterocycles. The summed E-state index contributed by atoms with van der Waals surface area (Å²) in [4.78, 5) is 18.5. The first kappa shape index (κ1) is 20.9. The number of amides is 2. The number of hydrogen-bond acceptors (Lipinski definition) is 2. The van der Waals surface area contributed by atoms with Gasteiger partial charge in [0, 0.05) is 45.0 Å². The molecule has 1 unspecified atom stereocenters. The minimum absolute atomic E-state index is 0. The Bertz CT molecular complexity index is 440. The van der Waals surface area contributed by atoms with E-state index in [0.29, 0.717) is 6.04 Å². The van der Waals surface area contributed by atoms with Crippen LogP contribution in [0.2, 0.25) is 0 Å². The number of hydrogen-bond donors (Lipinski definition) is 0. The fourth-order valence-corrected chi connectivity index (χ4v) is 2.80. The van der Waals surface area contributed by atoms with E-state index in [1.807, 2.05) is 29.7 Å². The lowest BCUT2D eigenvalue weighted by Crippen LogP contribution is -2.43. The molecule has 4 nitrogen and oxygen atoms in total. The lowest BCUT2D eigenvalue weighted by Gasteiger charge is -2.29. The maximum atomic E-state index is 12.3. The van der Waals surface area contributed by atoms with Gasteiger partial charge in [-0.15, -0.1) is 24.8 Å². The van der Waals surface area contributed by atoms with Crippen molar-refractivity contribution in [1.82, 2.24) is 9.80 Å². The van der Waals surface area contributed by atoms with Crippen molar-refractivity contribution in [1.29, 1.82) is 0 Å². The molecule has 0 saturated carbocycles. The van der Waals surface area contributed by atoms with Crippen molar-refractivity contribution in [3.8, 4) is 0 Å². The third kappa shape index (κ3) is 4.68. The molecular weight excluding hydrogens is 321 g/mol. The highest BCUT2D eigenvalue weighted by Crippen LogP contribution is 2.21. The molecule has 0 radical (unpaired) electrons. The SMILES string of the molecule is CCN(CC)C(=O)N1CCC(N(C)c2ccccc2)C1.Cl.Cl. The minimum atomic E-state index is 0. The van der Waals surface area contributed by atoms with Gasteiger partial charge in [0.1, 0.15) is 0 Å². The Morgan fingerprint density at radius 1 is 1.18 bits per heavy atom. The molecule has 0 bridgehead atoms. The quantitative estimate of drug-likeness (QED) is 0.833. The highest BCUT2D eigenvalue weighted by atomic mass is 35.5. The third-order valence-electron chi connectivity index (χ3n) is 4.18. The molecule has 0 aliphatic carbocycles. The summed E-state index contributed by atoms with van der Waals surface area (Å²) in [5.41, 5.74) is 1.22. The first-order chi connectivity index (χ1) is 9.67. The number of carbonyl (C=O) groups excluding carboxylic acids is 1. The summed E-state index contributed by atoms with van der Waals surface area (Å²) in [6.45, 7) is 7.31. The smallest absolute Gasteiger partial charge is 0.320 e. The number of nitrogens with zero attached hydrogens (tertiary/aromatic N) is 3. The molecule has 1 aromatic rings. The molecular formula is C16H27Cl2N3O. The summed E-state index contributed by atoms with van der Waals surface area (Å²) in [6, 6.07) is 11.0. The maximum absolute atomic E-state index is 12.3. The van der Waals surface area contributed by atoms with E-state index in [1.54, 1.807) is 0 Å². The molecule has 1 atom stereocenters. The van der Waals surface area contributed by atoms with E-state index in [0.717, 1.165) is 32.6 Å². The zero-order chi connectivity index (χ0) is 14.5. The lowest BCUT2D eigenvalue weighted by atomic mass is 10.2. The van der Waals surface area contributed by atoms with E-state index in [2.05, 4.69) is 36.2 Å². The normalized spacial score (nSPS) is 16.5. The molecule has 0 spiro atoms. The monoisotopic (exact) mass is 347 g/mol. The minimum Gasteiger partial charge on any atom is -0.370 e. The number of para-hydroxylation sites is 1. The van der Waals surface area contributed by atoms with E-state index in [-0.39, 0.29) is 30.8 Å². The highest BCUT2D eigenvalue weighted by molar-refractivity contribution is 5.85. The molecule has 1 heterocycles. The Morgan fingerprint density at radius 3 is 2.32 bits per heavy atom. The molecule has 0 N–H and O–H groups in total. The first-order valence-electron chi connectivity index (χ1n) is 7.49. The fraction of sp³-hybridized carbons (Fsp3) is 0.562. The summed E-state index contributed by atoms with van der Waals surface area (Å²) >= 11 is 0. The molecule has 1 aliphatic heterocycles. The standard InChI is InChI=1S/C16H25N3O.2ClH/c1-4-18(5-2)16(20)19-12-11-15(13-19)17(3)14-9-7-6-8-10-14;;/h6-10,15H,4-5,11-13H2,1-3H3;2*1H. The van der Waals surface area contributed by atoms with Gasteiger partial charge in [-0.1, -0.05) is 18.2 Å². The average molecular weight is 348 g/mol. The molecule has 1 aromatic carbocycles. The maximum Gasteiger partial charge on any atom is 0.320 e. The van der Waals surface area contributed by atoms with Gasteiger partial charge in [0.25, 0.3) is 0 Å². The molecule has 6 heteroatoms. The van der Waals surface area contributed by atoms with Gasteiger partial charge in [0.15, 0.2) is 0 Å². The van der Waals surface area contributed by atoms with Crippen LogP contribution in [-0.4, -0.2) is 55.1 Å². The summed E-state index contributed by atoms with van der Waals surface area (Å²) in [5, 5.41) is 0. The molecule has 1 saturated heterocycles. The van der Waals surface area contributed by atoms with E-state index in [1.165, 1.54) is 5.69 Å². The second-order valence-corrected chi connectivity index (χ2v) is 5.29. The van der Waals surface area contributed by atoms with Crippen molar-refractivity contribution in [3.05, 3.63) is 30.3 Å². The summed E-state index contributed by atoms with van der Waals surface area (Å²) < 4.78 is 0. The zero-order valence-electron chi connectivity index (χ0n) is 13.6. The Kier molecular flexibility index (Phi) is 9.30. The molecule has 22 heavy (non-hydrogen) atoms. The number of carbonyl (C=O) groups is 1. The number of likely N-dealkylation sites (N-methyl/N-ethyl adjacent to an activating group) is 1. The van der Waals surface area contributed by atoms with Gasteiger partial charge in [0.05, 0.1) is 0 Å². The summed E-state index contributed by atoms with van der Waals surface area (Å²) in [6.07, 6.45) is 1.04. The summed E-state index contributed by atoms with van der Waals surface area (Å²) in [7, 11) is 2.12. The van der Waals surface area contributed by atoms with Crippen molar-refractivity contribution >= 4 is 36.5 Å². The molecule has 1 aliphatic rings. The number of halogens is 2. The van der Waals surface area contributed by atoms with Gasteiger partial charge in [-0.2, -0.15) is 0 Å². The average Bonchev–Trinajstić information content (AvgIpc) is 2.98. The van der Waals surface area contributed by atoms with Crippen LogP contribution in [0.4, 0.5) is 10.5 Å². The van der Waals surface area contributed by atoms with E-state index < -0.39 is 0 Å². The highest BCUT2D eigenvalue weighted by Gasteiger charge is 2.30. The molecule has 2 amide bonds. The van der Waals surface area contributed by atoms with Crippen LogP contribution in [0.1, 0.15) is 20.3 Å². The van der Waals surface area contributed by atoms with Crippen LogP contribution in [0.5, 0.6) is 0 Å². The Labute approximate surface area is 146 Å². The number of anilines is 1. The van der Waals surface area contributed by atoms with Crippen molar-refractivity contribution in [2.75, 3.05) is 38.1 Å². The van der Waals surface area contributed by atoms with Crippen LogP contribution in [0.3, 0.4) is 0 Å². The fourth-order valence-electron chi connectivity index (χ4n) is 2.80. The van der Waals surface area contributed by atoms with Crippen molar-refractivity contribution in [2.24, 2.45) is 0 Å². The number of rotatable bonds is 4. The Hall–Kier alpha value is -1.13. The Morgan fingerprint density at radius 2 is 1.77 bits per heavy atom. The predicted molar refractivity (Wildman–Crippen MR) is 97.6 cm³/mol. The van der Waals surface area contributed by atoms with Gasteiger partial charge < -0.3 is 14.7 Å². The van der Waals surface area contributed by atoms with Crippen LogP contribution in [0.25, 0.3) is 0 Å². The molecule has 1 fully saturated rings. The van der Waals surface area contributed by atoms with E-state index in [9.17, 15) is 4.79 Å². The van der Waals surface area contributed by atoms with Crippen molar-refractivity contribution in [3.63, 3.8) is 0 Å². The van der Waals surface area contributed by atoms with Crippen LogP contribution < -0.4 is 4.90 Å². The van der Waals surface area contributed by atoms with Gasteiger partial charge in [-0.05, 0) is 32.4 Å². The number of likely N-dealkylation sites (tertiary alicyclic amines) is 1. The van der Waals surface area contributed by atoms with E-state index in [4.69, 9.17) is 0 Å². The second kappa shape index (κ2) is 9.80. The van der Waals surface area contributed by atoms with Gasteiger partial charge in [-0.3, -0.25) is 0 Å². The predicted octanol–water partition coefficient (Wildman–Crippen LogP) is 3.50. The van der Waals surface area contributed by atoms with Crippen molar-refractivity contribution in [2.45, 2.75) is 26.3 Å². The van der Waals surface area contributed by atoms with Crippen molar-refractivity contribution < 1.29 is 4.79 Å². The van der Waals surface area contributed by atoms with Gasteiger partial charge >= 0.3 is 6.03 Å². The van der Waals surface area contributed by atoms with Crippen LogP contribution >= 0.6 is 24.8 Å². The second-order valence-electron chi connectivity index (χ2n) is 5.29. The van der Waals surface area contributed by atoms with Gasteiger partial charge in [0.2, 0.25) is 0 Å². The first-order valence-corrected chi connectivity index (χ1v) is 7.49. The Balaban J connectivity index is 0.00000220. The largest absolute Gasteiger partial charge is 0.370 e. The zero-order valence-corrected chi connectivity index (χ0v) is 15.2. The van der Waals surface area contributed by atoms with Crippen LogP contribution in [0.15, 0.2) is 30.3 Å². The molecule has 2 rings (SSSR count). The van der Waals surface area contributed by atoms with Crippen LogP contribution in [-0.2, 0) is 0 Å². The number of benzene rings is 1. The van der Waals surface area contributed by atoms with E-state index >= 15 is 0 Å².